The number of anilines is 1. The first-order valence-corrected chi connectivity index (χ1v) is 10.7. The molecule has 2 aromatic rings. The molecule has 1 heterocycles. The van der Waals surface area contributed by atoms with Crippen molar-refractivity contribution >= 4 is 44.6 Å². The van der Waals surface area contributed by atoms with Gasteiger partial charge in [-0.05, 0) is 18.2 Å². The van der Waals surface area contributed by atoms with Gasteiger partial charge < -0.3 is 5.32 Å². The summed E-state index contributed by atoms with van der Waals surface area (Å²) < 4.78 is 60.8. The molecule has 1 aromatic carbocycles. The Bertz CT molecular complexity index is 1000. The van der Waals surface area contributed by atoms with Gasteiger partial charge in [-0.25, -0.2) is 13.4 Å². The maximum atomic E-state index is 12.6. The molecule has 0 unspecified atom stereocenters. The molecule has 1 aromatic heterocycles. The molecule has 152 valence electrons. The minimum absolute atomic E-state index is 0.115. The van der Waals surface area contributed by atoms with Gasteiger partial charge in [-0.1, -0.05) is 11.6 Å². The van der Waals surface area contributed by atoms with Crippen molar-refractivity contribution in [1.82, 2.24) is 4.98 Å². The third kappa shape index (κ3) is 5.72. The van der Waals surface area contributed by atoms with Crippen molar-refractivity contribution in [2.75, 3.05) is 23.9 Å². The van der Waals surface area contributed by atoms with Crippen molar-refractivity contribution in [2.24, 2.45) is 0 Å². The zero-order valence-electron chi connectivity index (χ0n) is 14.2. The minimum atomic E-state index is -4.54. The topological polar surface area (TPSA) is 102 Å². The Kier molecular flexibility index (Phi) is 6.78. The van der Waals surface area contributed by atoms with Crippen LogP contribution in [0.2, 0.25) is 5.02 Å². The highest BCUT2D eigenvalue weighted by Gasteiger charge is 2.31. The predicted molar refractivity (Wildman–Crippen MR) is 99.7 cm³/mol. The molecule has 0 aliphatic rings. The van der Waals surface area contributed by atoms with Gasteiger partial charge in [0.05, 0.1) is 20.4 Å². The van der Waals surface area contributed by atoms with Crippen LogP contribution in [0.15, 0.2) is 40.4 Å². The molecule has 0 radical (unpaired) electrons. The second-order valence-electron chi connectivity index (χ2n) is 5.49. The van der Waals surface area contributed by atoms with Gasteiger partial charge in [0.1, 0.15) is 10.7 Å². The molecule has 0 fully saturated rings. The Hall–Kier alpha value is -2.05. The quantitative estimate of drug-likeness (QED) is 0.288. The van der Waals surface area contributed by atoms with Gasteiger partial charge in [0.15, 0.2) is 9.84 Å². The molecule has 0 bridgehead atoms. The number of nitro groups is 1. The molecule has 0 spiro atoms. The lowest BCUT2D eigenvalue weighted by Crippen LogP contribution is -2.08. The highest BCUT2D eigenvalue weighted by Crippen LogP contribution is 2.34. The van der Waals surface area contributed by atoms with Crippen molar-refractivity contribution in [1.29, 1.82) is 0 Å². The predicted octanol–water partition coefficient (Wildman–Crippen LogP) is 4.27. The van der Waals surface area contributed by atoms with Gasteiger partial charge in [0.2, 0.25) is 0 Å². The Morgan fingerprint density at radius 1 is 1.32 bits per heavy atom. The summed E-state index contributed by atoms with van der Waals surface area (Å²) in [5.41, 5.74) is -1.25. The van der Waals surface area contributed by atoms with E-state index in [1.165, 1.54) is 12.1 Å². The summed E-state index contributed by atoms with van der Waals surface area (Å²) in [6.45, 7) is 0.197. The number of benzene rings is 1. The minimum Gasteiger partial charge on any atom is -0.379 e. The van der Waals surface area contributed by atoms with Crippen molar-refractivity contribution < 1.29 is 26.5 Å². The molecular weight excluding hydrogens is 443 g/mol. The third-order valence-corrected chi connectivity index (χ3v) is 5.90. The number of aromatic nitrogens is 1. The Labute approximate surface area is 167 Å². The van der Waals surface area contributed by atoms with Gasteiger partial charge in [0.25, 0.3) is 5.69 Å². The van der Waals surface area contributed by atoms with E-state index in [4.69, 9.17) is 11.6 Å². The summed E-state index contributed by atoms with van der Waals surface area (Å²) in [4.78, 5) is 14.0. The zero-order valence-corrected chi connectivity index (χ0v) is 16.5. The lowest BCUT2D eigenvalue weighted by atomic mass is 10.2. The van der Waals surface area contributed by atoms with Crippen LogP contribution in [-0.2, 0) is 16.0 Å². The van der Waals surface area contributed by atoms with Crippen molar-refractivity contribution in [3.05, 3.63) is 51.2 Å². The van der Waals surface area contributed by atoms with Crippen LogP contribution < -0.4 is 5.32 Å². The zero-order chi connectivity index (χ0) is 21.1. The van der Waals surface area contributed by atoms with E-state index in [0.29, 0.717) is 11.9 Å². The third-order valence-electron chi connectivity index (χ3n) is 3.39. The van der Waals surface area contributed by atoms with Crippen LogP contribution in [0.1, 0.15) is 5.56 Å². The number of rotatable bonds is 7. The van der Waals surface area contributed by atoms with Crippen LogP contribution in [0.3, 0.4) is 0 Å². The summed E-state index contributed by atoms with van der Waals surface area (Å²) in [7, 11) is -3.60. The van der Waals surface area contributed by atoms with E-state index in [-0.39, 0.29) is 27.2 Å². The average Bonchev–Trinajstić information content (AvgIpc) is 2.57. The van der Waals surface area contributed by atoms with Gasteiger partial charge in [0, 0.05) is 30.8 Å². The number of pyridine rings is 1. The van der Waals surface area contributed by atoms with Crippen molar-refractivity contribution in [2.45, 2.75) is 16.1 Å². The van der Waals surface area contributed by atoms with Crippen molar-refractivity contribution in [3.63, 3.8) is 0 Å². The number of nitrogens with one attached hydrogen (secondary N) is 1. The smallest absolute Gasteiger partial charge is 0.379 e. The largest absolute Gasteiger partial charge is 0.417 e. The van der Waals surface area contributed by atoms with E-state index in [9.17, 15) is 31.7 Å². The number of nitro benzene ring substituents is 1. The summed E-state index contributed by atoms with van der Waals surface area (Å²) in [6.07, 6.45) is -2.93. The van der Waals surface area contributed by atoms with E-state index >= 15 is 0 Å². The van der Waals surface area contributed by atoms with Gasteiger partial charge in [-0.2, -0.15) is 13.2 Å². The van der Waals surface area contributed by atoms with Crippen LogP contribution in [0, 0.1) is 10.1 Å². The number of alkyl halides is 3. The van der Waals surface area contributed by atoms with Crippen LogP contribution in [0.4, 0.5) is 24.5 Å². The number of sulfone groups is 1. The number of halogens is 4. The average molecular weight is 456 g/mol. The molecule has 0 atom stereocenters. The summed E-state index contributed by atoms with van der Waals surface area (Å²) in [5.74, 6) is 0.295. The first-order valence-electron chi connectivity index (χ1n) is 7.47. The van der Waals surface area contributed by atoms with E-state index < -0.39 is 32.2 Å². The number of hydrogen-bond acceptors (Lipinski definition) is 7. The fourth-order valence-electron chi connectivity index (χ4n) is 2.06. The fourth-order valence-corrected chi connectivity index (χ4v) is 3.76. The van der Waals surface area contributed by atoms with Gasteiger partial charge >= 0.3 is 6.18 Å². The highest BCUT2D eigenvalue weighted by molar-refractivity contribution is 7.99. The molecule has 0 aliphatic carbocycles. The standard InChI is InChI=1S/C15H13ClF3N3O4S2/c1-28(25,26)10-2-3-12(13(7-10)22(23)24)20-4-5-27-14-11(16)6-9(8-21-14)15(17,18)19/h2-3,6-8,20H,4-5H2,1H3. The number of hydrogen-bond donors (Lipinski definition) is 1. The molecule has 28 heavy (non-hydrogen) atoms. The second kappa shape index (κ2) is 8.53. The lowest BCUT2D eigenvalue weighted by Gasteiger charge is -2.10. The molecule has 0 saturated carbocycles. The molecule has 0 amide bonds. The molecular formula is C15H13ClF3N3O4S2. The van der Waals surface area contributed by atoms with Crippen LogP contribution in [-0.4, -0.2) is 36.9 Å². The van der Waals surface area contributed by atoms with Gasteiger partial charge in [-0.3, -0.25) is 10.1 Å². The highest BCUT2D eigenvalue weighted by atomic mass is 35.5. The Morgan fingerprint density at radius 3 is 2.54 bits per heavy atom. The molecule has 1 N–H and O–H groups in total. The van der Waals surface area contributed by atoms with Crippen LogP contribution >= 0.6 is 23.4 Å². The lowest BCUT2D eigenvalue weighted by molar-refractivity contribution is -0.384. The first kappa shape index (κ1) is 22.2. The Balaban J connectivity index is 2.03. The van der Waals surface area contributed by atoms with Gasteiger partial charge in [-0.15, -0.1) is 11.8 Å². The molecule has 13 heteroatoms. The SMILES string of the molecule is CS(=O)(=O)c1ccc(NCCSc2ncc(C(F)(F)F)cc2Cl)c([N+](=O)[O-])c1. The maximum Gasteiger partial charge on any atom is 0.417 e. The molecule has 0 aliphatic heterocycles. The van der Waals surface area contributed by atoms with Crippen LogP contribution in [0.5, 0.6) is 0 Å². The van der Waals surface area contributed by atoms with E-state index in [2.05, 4.69) is 10.3 Å². The van der Waals surface area contributed by atoms with Crippen molar-refractivity contribution in [3.8, 4) is 0 Å². The summed E-state index contributed by atoms with van der Waals surface area (Å²) >= 11 is 6.88. The first-order chi connectivity index (χ1) is 12.9. The fraction of sp³-hybridized carbons (Fsp3) is 0.267. The molecule has 2 rings (SSSR count). The number of nitrogens with zero attached hydrogens (tertiary/aromatic N) is 2. The van der Waals surface area contributed by atoms with Crippen LogP contribution in [0.25, 0.3) is 0 Å². The monoisotopic (exact) mass is 455 g/mol. The normalized spacial score (nSPS) is 12.0. The molecule has 0 saturated heterocycles. The maximum absolute atomic E-state index is 12.6. The van der Waals surface area contributed by atoms with E-state index in [1.54, 1.807) is 0 Å². The Morgan fingerprint density at radius 2 is 2.00 bits per heavy atom. The molecule has 7 nitrogen and oxygen atoms in total. The second-order valence-corrected chi connectivity index (χ2v) is 9.00. The summed E-state index contributed by atoms with van der Waals surface area (Å²) in [6, 6.07) is 4.26. The summed E-state index contributed by atoms with van der Waals surface area (Å²) in [5, 5.41) is 14.0. The number of thioether (sulfide) groups is 1. The van der Waals surface area contributed by atoms with E-state index in [1.807, 2.05) is 0 Å². The van der Waals surface area contributed by atoms with E-state index in [0.717, 1.165) is 30.2 Å².